The maximum Gasteiger partial charge on any atom is 0.253 e. The van der Waals surface area contributed by atoms with E-state index in [9.17, 15) is 9.59 Å². The highest BCUT2D eigenvalue weighted by Gasteiger charge is 2.30. The van der Waals surface area contributed by atoms with Crippen LogP contribution in [-0.4, -0.2) is 58.7 Å². The van der Waals surface area contributed by atoms with Crippen molar-refractivity contribution >= 4 is 45.8 Å². The monoisotopic (exact) mass is 523 g/mol. The minimum Gasteiger partial charge on any atom is -0.339 e. The molecule has 2 saturated heterocycles. The van der Waals surface area contributed by atoms with Gasteiger partial charge in [-0.15, -0.1) is 0 Å². The Morgan fingerprint density at radius 2 is 1.72 bits per heavy atom. The topological polar surface area (TPSA) is 53.5 Å². The number of hydrogen-bond donors (Lipinski definition) is 0. The molecule has 2 aliphatic rings. The second-order valence-corrected chi connectivity index (χ2v) is 10.8. The second-order valence-electron chi connectivity index (χ2n) is 10.0. The molecule has 3 aromatic rings. The molecule has 36 heavy (non-hydrogen) atoms. The quantitative estimate of drug-likeness (QED) is 0.345. The molecule has 2 aromatic carbocycles. The Morgan fingerprint density at radius 3 is 2.53 bits per heavy atom. The summed E-state index contributed by atoms with van der Waals surface area (Å²) >= 11 is 12.1. The number of rotatable bonds is 6. The number of halogens is 2. The molecule has 7 heteroatoms. The van der Waals surface area contributed by atoms with Crippen LogP contribution in [0.4, 0.5) is 0 Å². The van der Waals surface area contributed by atoms with E-state index < -0.39 is 0 Å². The first-order chi connectivity index (χ1) is 17.5. The summed E-state index contributed by atoms with van der Waals surface area (Å²) in [4.78, 5) is 34.7. The van der Waals surface area contributed by atoms with Crippen LogP contribution in [0.2, 0.25) is 10.0 Å². The maximum absolute atomic E-state index is 12.9. The average molecular weight is 524 g/mol. The van der Waals surface area contributed by atoms with E-state index in [0.29, 0.717) is 34.0 Å². The highest BCUT2D eigenvalue weighted by atomic mass is 35.5. The van der Waals surface area contributed by atoms with Crippen LogP contribution < -0.4 is 0 Å². The molecule has 1 aromatic heterocycles. The fraction of sp³-hybridized carbons (Fsp3) is 0.414. The highest BCUT2D eigenvalue weighted by Crippen LogP contribution is 2.28. The van der Waals surface area contributed by atoms with Gasteiger partial charge in [-0.25, -0.2) is 0 Å². The summed E-state index contributed by atoms with van der Waals surface area (Å²) < 4.78 is 0. The van der Waals surface area contributed by atoms with Crippen LogP contribution in [0.25, 0.3) is 10.9 Å². The van der Waals surface area contributed by atoms with Crippen molar-refractivity contribution in [1.29, 1.82) is 0 Å². The number of likely N-dealkylation sites (tertiary alicyclic amines) is 2. The number of pyridine rings is 1. The molecule has 0 saturated carbocycles. The van der Waals surface area contributed by atoms with E-state index in [1.165, 1.54) is 12.8 Å². The van der Waals surface area contributed by atoms with Gasteiger partial charge in [0.15, 0.2) is 5.78 Å². The summed E-state index contributed by atoms with van der Waals surface area (Å²) in [6.45, 7) is 3.65. The van der Waals surface area contributed by atoms with Crippen LogP contribution >= 0.6 is 23.2 Å². The third-order valence-corrected chi connectivity index (χ3v) is 8.43. The van der Waals surface area contributed by atoms with E-state index in [4.69, 9.17) is 23.2 Å². The molecule has 2 fully saturated rings. The second kappa shape index (κ2) is 11.3. The number of amides is 1. The van der Waals surface area contributed by atoms with Crippen LogP contribution in [-0.2, 0) is 0 Å². The van der Waals surface area contributed by atoms with E-state index in [1.54, 1.807) is 24.4 Å². The number of ketones is 1. The largest absolute Gasteiger partial charge is 0.339 e. The molecule has 0 radical (unpaired) electrons. The molecule has 3 heterocycles. The van der Waals surface area contributed by atoms with Crippen molar-refractivity contribution in [3.63, 3.8) is 0 Å². The smallest absolute Gasteiger partial charge is 0.253 e. The minimum atomic E-state index is 0.0199. The molecule has 0 aliphatic carbocycles. The fourth-order valence-corrected chi connectivity index (χ4v) is 5.94. The zero-order valence-corrected chi connectivity index (χ0v) is 21.8. The lowest BCUT2D eigenvalue weighted by Gasteiger charge is -2.42. The number of benzene rings is 2. The van der Waals surface area contributed by atoms with E-state index in [1.807, 2.05) is 35.2 Å². The lowest BCUT2D eigenvalue weighted by atomic mass is 9.89. The number of carbonyl (C=O) groups excluding carboxylic acids is 2. The summed E-state index contributed by atoms with van der Waals surface area (Å²) in [5.41, 5.74) is 2.29. The first-order valence-electron chi connectivity index (χ1n) is 12.8. The van der Waals surface area contributed by atoms with Gasteiger partial charge in [-0.05, 0) is 87.0 Å². The summed E-state index contributed by atoms with van der Waals surface area (Å²) in [6.07, 6.45) is 7.59. The van der Waals surface area contributed by atoms with Crippen molar-refractivity contribution in [3.05, 3.63) is 75.9 Å². The van der Waals surface area contributed by atoms with E-state index in [0.717, 1.165) is 61.9 Å². The lowest BCUT2D eigenvalue weighted by molar-refractivity contribution is 0.0519. The molecule has 2 aliphatic heterocycles. The van der Waals surface area contributed by atoms with Crippen LogP contribution in [0.15, 0.2) is 54.7 Å². The Balaban J connectivity index is 1.11. The number of nitrogens with zero attached hydrogens (tertiary/aromatic N) is 3. The van der Waals surface area contributed by atoms with Gasteiger partial charge in [-0.3, -0.25) is 19.5 Å². The molecule has 1 atom stereocenters. The molecular formula is C29H31Cl2N3O2. The summed E-state index contributed by atoms with van der Waals surface area (Å²) in [6, 6.07) is 15.3. The maximum atomic E-state index is 12.9. The van der Waals surface area contributed by atoms with Crippen molar-refractivity contribution in [1.82, 2.24) is 14.8 Å². The fourth-order valence-electron chi connectivity index (χ4n) is 5.64. The van der Waals surface area contributed by atoms with Crippen molar-refractivity contribution < 1.29 is 9.59 Å². The van der Waals surface area contributed by atoms with Crippen molar-refractivity contribution in [2.45, 2.75) is 44.6 Å². The number of carbonyl (C=O) groups is 2. The van der Waals surface area contributed by atoms with E-state index in [-0.39, 0.29) is 11.7 Å². The molecule has 0 spiro atoms. The molecule has 1 amide bonds. The predicted octanol–water partition coefficient (Wildman–Crippen LogP) is 6.52. The number of hydrogen-bond acceptors (Lipinski definition) is 4. The Morgan fingerprint density at radius 1 is 0.917 bits per heavy atom. The predicted molar refractivity (Wildman–Crippen MR) is 145 cm³/mol. The Hall–Kier alpha value is -2.47. The summed E-state index contributed by atoms with van der Waals surface area (Å²) in [5.74, 6) is 0.777. The number of fused-ring (bicyclic) bond motifs is 1. The van der Waals surface area contributed by atoms with E-state index >= 15 is 0 Å². The van der Waals surface area contributed by atoms with Crippen LogP contribution in [0.1, 0.15) is 59.2 Å². The molecule has 1 unspecified atom stereocenters. The third kappa shape index (κ3) is 5.74. The van der Waals surface area contributed by atoms with Gasteiger partial charge < -0.3 is 4.90 Å². The molecule has 188 valence electrons. The molecule has 5 rings (SSSR count). The average Bonchev–Trinajstić information content (AvgIpc) is 2.93. The molecule has 0 bridgehead atoms. The highest BCUT2D eigenvalue weighted by molar-refractivity contribution is 6.42. The molecule has 0 N–H and O–H groups in total. The third-order valence-electron chi connectivity index (χ3n) is 7.69. The van der Waals surface area contributed by atoms with Gasteiger partial charge in [-0.2, -0.15) is 0 Å². The van der Waals surface area contributed by atoms with Gasteiger partial charge in [0.25, 0.3) is 5.91 Å². The summed E-state index contributed by atoms with van der Waals surface area (Å²) in [7, 11) is 0. The van der Waals surface area contributed by atoms with Crippen LogP contribution in [0, 0.1) is 5.92 Å². The van der Waals surface area contributed by atoms with Gasteiger partial charge in [0.2, 0.25) is 0 Å². The minimum absolute atomic E-state index is 0.0199. The molecule has 5 nitrogen and oxygen atoms in total. The first-order valence-corrected chi connectivity index (χ1v) is 13.6. The molecular weight excluding hydrogens is 493 g/mol. The summed E-state index contributed by atoms with van der Waals surface area (Å²) in [5, 5.41) is 1.88. The van der Waals surface area contributed by atoms with Crippen molar-refractivity contribution in [2.24, 2.45) is 5.92 Å². The standard InChI is InChI=1S/C29H31Cl2N3O2/c30-25-8-6-23(18-26(25)31)29(36)33-15-11-24(12-16-33)34-14-2-3-20(19-34)5-10-28(35)22-7-9-27-21(17-22)4-1-13-32-27/h1,4,6-9,13,17-18,20,24H,2-3,5,10-12,14-16,19H2. The first kappa shape index (κ1) is 25.2. The van der Waals surface area contributed by atoms with Gasteiger partial charge in [0.1, 0.15) is 0 Å². The van der Waals surface area contributed by atoms with Crippen molar-refractivity contribution in [2.75, 3.05) is 26.2 Å². The Kier molecular flexibility index (Phi) is 7.90. The van der Waals surface area contributed by atoms with Gasteiger partial charge in [-0.1, -0.05) is 29.3 Å². The van der Waals surface area contributed by atoms with Gasteiger partial charge in [0, 0.05) is 54.8 Å². The van der Waals surface area contributed by atoms with Crippen LogP contribution in [0.5, 0.6) is 0 Å². The lowest BCUT2D eigenvalue weighted by Crippen LogP contribution is -2.49. The van der Waals surface area contributed by atoms with Crippen LogP contribution in [0.3, 0.4) is 0 Å². The van der Waals surface area contributed by atoms with E-state index in [2.05, 4.69) is 9.88 Å². The van der Waals surface area contributed by atoms with Gasteiger partial charge in [0.05, 0.1) is 15.6 Å². The van der Waals surface area contributed by atoms with Crippen molar-refractivity contribution in [3.8, 4) is 0 Å². The number of aromatic nitrogens is 1. The zero-order chi connectivity index (χ0) is 25.1. The number of Topliss-reactive ketones (excluding diaryl/α,β-unsaturated/α-hetero) is 1. The Bertz CT molecular complexity index is 1260. The number of piperidine rings is 2. The zero-order valence-electron chi connectivity index (χ0n) is 20.3. The Labute approximate surface area is 222 Å². The normalized spacial score (nSPS) is 19.5. The van der Waals surface area contributed by atoms with Gasteiger partial charge >= 0.3 is 0 Å². The SMILES string of the molecule is O=C(CCC1CCCN(C2CCN(C(=O)c3ccc(Cl)c(Cl)c3)CC2)C1)c1ccc2ncccc2c1.